The number of carbonyl (C=O) groups is 3. The van der Waals surface area contributed by atoms with Crippen molar-refractivity contribution in [1.29, 1.82) is 0 Å². The molecule has 1 aliphatic carbocycles. The zero-order valence-corrected chi connectivity index (χ0v) is 18.9. The van der Waals surface area contributed by atoms with Gasteiger partial charge in [0, 0.05) is 23.3 Å². The predicted molar refractivity (Wildman–Crippen MR) is 126 cm³/mol. The molecule has 2 aromatic rings. The van der Waals surface area contributed by atoms with Crippen LogP contribution < -0.4 is 26.7 Å². The maximum absolute atomic E-state index is 12.6. The van der Waals surface area contributed by atoms with Crippen LogP contribution in [0.25, 0.3) is 11.1 Å². The van der Waals surface area contributed by atoms with Crippen LogP contribution in [0, 0.1) is 0 Å². The van der Waals surface area contributed by atoms with Gasteiger partial charge in [-0.05, 0) is 62.2 Å². The summed E-state index contributed by atoms with van der Waals surface area (Å²) in [5, 5.41) is 20.6. The summed E-state index contributed by atoms with van der Waals surface area (Å²) in [6.07, 6.45) is 3.50. The number of nitrogens with one attached hydrogen (secondary N) is 5. The summed E-state index contributed by atoms with van der Waals surface area (Å²) < 4.78 is 0. The second-order valence-corrected chi connectivity index (χ2v) is 8.22. The molecule has 2 aromatic carbocycles. The number of hydroxylamine groups is 1. The molecule has 3 rings (SSSR count). The molecule has 6 N–H and O–H groups in total. The van der Waals surface area contributed by atoms with Crippen LogP contribution >= 0.6 is 0 Å². The highest BCUT2D eigenvalue weighted by Gasteiger charge is 2.26. The van der Waals surface area contributed by atoms with E-state index in [4.69, 9.17) is 5.21 Å². The first-order valence-corrected chi connectivity index (χ1v) is 11.1. The number of hydrogen-bond acceptors (Lipinski definition) is 6. The van der Waals surface area contributed by atoms with Gasteiger partial charge in [0.15, 0.2) is 0 Å². The van der Waals surface area contributed by atoms with E-state index in [-0.39, 0.29) is 11.9 Å². The van der Waals surface area contributed by atoms with Gasteiger partial charge in [0.2, 0.25) is 5.91 Å². The summed E-state index contributed by atoms with van der Waals surface area (Å²) >= 11 is 0. The van der Waals surface area contributed by atoms with Gasteiger partial charge in [0.05, 0.1) is 6.54 Å². The van der Waals surface area contributed by atoms with Gasteiger partial charge in [0.1, 0.15) is 6.04 Å². The molecule has 1 fully saturated rings. The highest BCUT2D eigenvalue weighted by Crippen LogP contribution is 2.22. The Morgan fingerprint density at radius 2 is 1.61 bits per heavy atom. The van der Waals surface area contributed by atoms with Crippen molar-refractivity contribution in [2.24, 2.45) is 0 Å². The summed E-state index contributed by atoms with van der Waals surface area (Å²) in [7, 11) is 1.66. The van der Waals surface area contributed by atoms with E-state index in [9.17, 15) is 14.4 Å². The summed E-state index contributed by atoms with van der Waals surface area (Å²) in [6.45, 7) is 2.03. The molecule has 1 saturated carbocycles. The fourth-order valence-electron chi connectivity index (χ4n) is 3.49. The quantitative estimate of drug-likeness (QED) is 0.240. The Bertz CT molecular complexity index is 958. The first-order valence-electron chi connectivity index (χ1n) is 11.1. The molecule has 0 spiro atoms. The topological polar surface area (TPSA) is 132 Å². The van der Waals surface area contributed by atoms with Crippen molar-refractivity contribution in [3.05, 3.63) is 54.1 Å². The summed E-state index contributed by atoms with van der Waals surface area (Å²) in [5.41, 5.74) is 4.54. The number of hydrogen-bond donors (Lipinski definition) is 6. The number of carbonyl (C=O) groups excluding carboxylic acids is 3. The van der Waals surface area contributed by atoms with Gasteiger partial charge >= 0.3 is 0 Å². The number of rotatable bonds is 10. The SMILES string of the molecule is CNC(C)C(NC(=O)c1ccc(-c2ccc(NC(=O)CNC3CCC3)cc2)cc1)C(=O)NO. The van der Waals surface area contributed by atoms with Crippen molar-refractivity contribution < 1.29 is 19.6 Å². The maximum atomic E-state index is 12.6. The van der Waals surface area contributed by atoms with Crippen molar-refractivity contribution in [2.75, 3.05) is 18.9 Å². The lowest BCUT2D eigenvalue weighted by Gasteiger charge is -2.26. The molecular formula is C24H31N5O4. The van der Waals surface area contributed by atoms with Crippen LogP contribution in [-0.4, -0.2) is 54.6 Å². The molecule has 9 heteroatoms. The van der Waals surface area contributed by atoms with E-state index in [2.05, 4.69) is 21.3 Å². The van der Waals surface area contributed by atoms with Crippen LogP contribution in [-0.2, 0) is 9.59 Å². The Morgan fingerprint density at radius 1 is 1.00 bits per heavy atom. The minimum Gasteiger partial charge on any atom is -0.339 e. The Labute approximate surface area is 193 Å². The number of anilines is 1. The van der Waals surface area contributed by atoms with Gasteiger partial charge < -0.3 is 21.3 Å². The Balaban J connectivity index is 1.58. The molecule has 0 heterocycles. The van der Waals surface area contributed by atoms with E-state index in [1.165, 1.54) is 6.42 Å². The third-order valence-corrected chi connectivity index (χ3v) is 5.94. The van der Waals surface area contributed by atoms with Crippen molar-refractivity contribution in [3.8, 4) is 11.1 Å². The zero-order valence-electron chi connectivity index (χ0n) is 18.9. The molecule has 0 aromatic heterocycles. The Morgan fingerprint density at radius 3 is 2.12 bits per heavy atom. The van der Waals surface area contributed by atoms with Crippen LogP contribution in [0.15, 0.2) is 48.5 Å². The molecule has 0 aliphatic heterocycles. The zero-order chi connectivity index (χ0) is 23.8. The van der Waals surface area contributed by atoms with Crippen molar-refractivity contribution in [1.82, 2.24) is 21.4 Å². The van der Waals surface area contributed by atoms with E-state index in [0.29, 0.717) is 18.2 Å². The highest BCUT2D eigenvalue weighted by atomic mass is 16.5. The monoisotopic (exact) mass is 453 g/mol. The minimum atomic E-state index is -0.932. The van der Waals surface area contributed by atoms with Gasteiger partial charge in [-0.25, -0.2) is 5.48 Å². The number of likely N-dealkylation sites (N-methyl/N-ethyl adjacent to an activating group) is 1. The molecule has 33 heavy (non-hydrogen) atoms. The Hall–Kier alpha value is -3.27. The van der Waals surface area contributed by atoms with Crippen molar-refractivity contribution >= 4 is 23.4 Å². The third kappa shape index (κ3) is 6.61. The summed E-state index contributed by atoms with van der Waals surface area (Å²) in [5.74, 6) is -1.19. The molecule has 0 saturated heterocycles. The first-order chi connectivity index (χ1) is 15.9. The summed E-state index contributed by atoms with van der Waals surface area (Å²) in [4.78, 5) is 36.5. The normalized spacial score (nSPS) is 15.1. The van der Waals surface area contributed by atoms with E-state index in [0.717, 1.165) is 29.7 Å². The fraction of sp³-hybridized carbons (Fsp3) is 0.375. The average molecular weight is 454 g/mol. The second kappa shape index (κ2) is 11.6. The fourth-order valence-corrected chi connectivity index (χ4v) is 3.49. The standard InChI is InChI=1S/C24H31N5O4/c1-15(25-2)22(24(32)29-33)28-23(31)18-8-6-16(7-9-18)17-10-12-20(13-11-17)27-21(30)14-26-19-4-3-5-19/h6-13,15,19,22,25-26,33H,3-5,14H2,1-2H3,(H,27,30)(H,28,31)(H,29,32). The van der Waals surface area contributed by atoms with Gasteiger partial charge in [-0.3, -0.25) is 19.6 Å². The molecule has 176 valence electrons. The molecule has 0 radical (unpaired) electrons. The molecule has 3 amide bonds. The summed E-state index contributed by atoms with van der Waals surface area (Å²) in [6, 6.07) is 13.6. The highest BCUT2D eigenvalue weighted by molar-refractivity contribution is 5.98. The Kier molecular flexibility index (Phi) is 8.53. The molecule has 2 unspecified atom stereocenters. The van der Waals surface area contributed by atoms with Crippen LogP contribution in [0.5, 0.6) is 0 Å². The second-order valence-electron chi connectivity index (χ2n) is 8.22. The van der Waals surface area contributed by atoms with Crippen LogP contribution in [0.3, 0.4) is 0 Å². The smallest absolute Gasteiger partial charge is 0.267 e. The van der Waals surface area contributed by atoms with Crippen LogP contribution in [0.4, 0.5) is 5.69 Å². The minimum absolute atomic E-state index is 0.0641. The number of amides is 3. The van der Waals surface area contributed by atoms with Gasteiger partial charge in [0.25, 0.3) is 11.8 Å². The van der Waals surface area contributed by atoms with E-state index >= 15 is 0 Å². The third-order valence-electron chi connectivity index (χ3n) is 5.94. The largest absolute Gasteiger partial charge is 0.339 e. The van der Waals surface area contributed by atoms with Gasteiger partial charge in [-0.1, -0.05) is 30.7 Å². The molecule has 9 nitrogen and oxygen atoms in total. The number of benzene rings is 2. The lowest BCUT2D eigenvalue weighted by atomic mass is 9.93. The van der Waals surface area contributed by atoms with Crippen LogP contribution in [0.1, 0.15) is 36.5 Å². The van der Waals surface area contributed by atoms with Crippen LogP contribution in [0.2, 0.25) is 0 Å². The van der Waals surface area contributed by atoms with Gasteiger partial charge in [-0.2, -0.15) is 0 Å². The molecular weight excluding hydrogens is 422 g/mol. The van der Waals surface area contributed by atoms with E-state index < -0.39 is 17.9 Å². The van der Waals surface area contributed by atoms with Crippen molar-refractivity contribution in [3.63, 3.8) is 0 Å². The lowest BCUT2D eigenvalue weighted by Crippen LogP contribution is -2.55. The average Bonchev–Trinajstić information content (AvgIpc) is 2.81. The lowest BCUT2D eigenvalue weighted by molar-refractivity contribution is -0.131. The molecule has 1 aliphatic rings. The molecule has 0 bridgehead atoms. The van der Waals surface area contributed by atoms with Gasteiger partial charge in [-0.15, -0.1) is 0 Å². The predicted octanol–water partition coefficient (Wildman–Crippen LogP) is 1.65. The maximum Gasteiger partial charge on any atom is 0.267 e. The van der Waals surface area contributed by atoms with E-state index in [1.807, 2.05) is 36.4 Å². The first kappa shape index (κ1) is 24.4. The molecule has 2 atom stereocenters. The van der Waals surface area contributed by atoms with E-state index in [1.54, 1.807) is 31.6 Å². The van der Waals surface area contributed by atoms with Crippen molar-refractivity contribution in [2.45, 2.75) is 44.3 Å².